The zero-order valence-electron chi connectivity index (χ0n) is 16.6. The molecule has 2 saturated heterocycles. The Kier molecular flexibility index (Phi) is 5.58. The van der Waals surface area contributed by atoms with Crippen LogP contribution in [0.1, 0.15) is 33.1 Å². The smallest absolute Gasteiger partial charge is 0.147 e. The Hall–Kier alpha value is -2.14. The fourth-order valence-corrected chi connectivity index (χ4v) is 4.10. The van der Waals surface area contributed by atoms with Gasteiger partial charge in [-0.25, -0.2) is 4.98 Å². The molecular weight excluding hydrogens is 334 g/mol. The maximum Gasteiger partial charge on any atom is 0.147 e. The van der Waals surface area contributed by atoms with Gasteiger partial charge in [0.1, 0.15) is 5.82 Å². The first-order valence-corrected chi connectivity index (χ1v) is 10.4. The predicted octanol–water partition coefficient (Wildman–Crippen LogP) is 3.66. The average molecular weight is 366 g/mol. The lowest BCUT2D eigenvalue weighted by atomic mass is 10.1. The molecule has 5 nitrogen and oxygen atoms in total. The topological polar surface area (TPSA) is 35.5 Å². The van der Waals surface area contributed by atoms with Crippen molar-refractivity contribution in [1.29, 1.82) is 0 Å². The SMILES string of the molecule is CC(C)N1CCN(c2cnc(-c3ccc(N4CCCCC4)cc3)cn2)CC1. The van der Waals surface area contributed by atoms with Crippen LogP contribution in [-0.4, -0.2) is 60.2 Å². The second-order valence-electron chi connectivity index (χ2n) is 7.97. The Labute approximate surface area is 163 Å². The van der Waals surface area contributed by atoms with E-state index in [9.17, 15) is 0 Å². The highest BCUT2D eigenvalue weighted by atomic mass is 15.3. The van der Waals surface area contributed by atoms with Crippen LogP contribution in [0.25, 0.3) is 11.3 Å². The van der Waals surface area contributed by atoms with Crippen molar-refractivity contribution in [2.75, 3.05) is 49.1 Å². The third-order valence-electron chi connectivity index (χ3n) is 5.89. The van der Waals surface area contributed by atoms with Crippen molar-refractivity contribution >= 4 is 11.5 Å². The first-order valence-electron chi connectivity index (χ1n) is 10.4. The number of rotatable bonds is 4. The number of piperazine rings is 1. The van der Waals surface area contributed by atoms with Crippen molar-refractivity contribution in [3.8, 4) is 11.3 Å². The van der Waals surface area contributed by atoms with Crippen molar-refractivity contribution in [2.24, 2.45) is 0 Å². The molecule has 1 aromatic heterocycles. The van der Waals surface area contributed by atoms with E-state index in [1.807, 2.05) is 12.4 Å². The highest BCUT2D eigenvalue weighted by Gasteiger charge is 2.20. The Morgan fingerprint density at radius 3 is 2.04 bits per heavy atom. The molecule has 1 aromatic carbocycles. The Morgan fingerprint density at radius 1 is 0.741 bits per heavy atom. The highest BCUT2D eigenvalue weighted by molar-refractivity contribution is 5.63. The van der Waals surface area contributed by atoms with Crippen LogP contribution >= 0.6 is 0 Å². The molecule has 3 heterocycles. The third-order valence-corrected chi connectivity index (χ3v) is 5.89. The van der Waals surface area contributed by atoms with E-state index < -0.39 is 0 Å². The van der Waals surface area contributed by atoms with Crippen molar-refractivity contribution in [3.63, 3.8) is 0 Å². The van der Waals surface area contributed by atoms with Gasteiger partial charge in [0.15, 0.2) is 0 Å². The summed E-state index contributed by atoms with van der Waals surface area (Å²) in [6, 6.07) is 9.42. The summed E-state index contributed by atoms with van der Waals surface area (Å²) in [6.07, 6.45) is 7.82. The maximum atomic E-state index is 4.70. The predicted molar refractivity (Wildman–Crippen MR) is 112 cm³/mol. The van der Waals surface area contributed by atoms with Crippen LogP contribution in [0, 0.1) is 0 Å². The molecule has 0 saturated carbocycles. The zero-order valence-corrected chi connectivity index (χ0v) is 16.6. The molecule has 5 heteroatoms. The summed E-state index contributed by atoms with van der Waals surface area (Å²) < 4.78 is 0. The van der Waals surface area contributed by atoms with Crippen LogP contribution in [0.4, 0.5) is 11.5 Å². The van der Waals surface area contributed by atoms with E-state index in [0.717, 1.165) is 43.3 Å². The molecule has 0 amide bonds. The van der Waals surface area contributed by atoms with Crippen molar-refractivity contribution in [1.82, 2.24) is 14.9 Å². The first kappa shape index (κ1) is 18.2. The summed E-state index contributed by atoms with van der Waals surface area (Å²) in [5.41, 5.74) is 3.41. The van der Waals surface area contributed by atoms with E-state index in [1.165, 1.54) is 38.0 Å². The molecule has 2 fully saturated rings. The first-order chi connectivity index (χ1) is 13.2. The Balaban J connectivity index is 1.40. The minimum atomic E-state index is 0.619. The molecular formula is C22H31N5. The molecule has 2 aromatic rings. The van der Waals surface area contributed by atoms with E-state index in [4.69, 9.17) is 4.98 Å². The number of anilines is 2. The number of benzene rings is 1. The van der Waals surface area contributed by atoms with Crippen LogP contribution in [-0.2, 0) is 0 Å². The molecule has 4 rings (SSSR count). The molecule has 0 aliphatic carbocycles. The quantitative estimate of drug-likeness (QED) is 0.826. The van der Waals surface area contributed by atoms with Crippen LogP contribution in [0.15, 0.2) is 36.7 Å². The molecule has 0 N–H and O–H groups in total. The van der Waals surface area contributed by atoms with E-state index >= 15 is 0 Å². The van der Waals surface area contributed by atoms with E-state index in [0.29, 0.717) is 6.04 Å². The summed E-state index contributed by atoms with van der Waals surface area (Å²) in [6.45, 7) is 11.1. The Morgan fingerprint density at radius 2 is 1.44 bits per heavy atom. The van der Waals surface area contributed by atoms with Crippen molar-refractivity contribution < 1.29 is 0 Å². The van der Waals surface area contributed by atoms with Gasteiger partial charge in [-0.1, -0.05) is 12.1 Å². The van der Waals surface area contributed by atoms with Gasteiger partial charge in [0.25, 0.3) is 0 Å². The minimum absolute atomic E-state index is 0.619. The lowest BCUT2D eigenvalue weighted by molar-refractivity contribution is 0.209. The molecule has 0 spiro atoms. The highest BCUT2D eigenvalue weighted by Crippen LogP contribution is 2.24. The molecule has 0 unspecified atom stereocenters. The second-order valence-corrected chi connectivity index (χ2v) is 7.97. The molecule has 2 aliphatic rings. The maximum absolute atomic E-state index is 4.70. The zero-order chi connectivity index (χ0) is 18.6. The van der Waals surface area contributed by atoms with Gasteiger partial charge in [-0.15, -0.1) is 0 Å². The fraction of sp³-hybridized carbons (Fsp3) is 0.545. The van der Waals surface area contributed by atoms with Crippen molar-refractivity contribution in [2.45, 2.75) is 39.2 Å². The summed E-state index contributed by atoms with van der Waals surface area (Å²) >= 11 is 0. The summed E-state index contributed by atoms with van der Waals surface area (Å²) in [4.78, 5) is 16.7. The molecule has 0 atom stereocenters. The van der Waals surface area contributed by atoms with E-state index in [1.54, 1.807) is 0 Å². The molecule has 144 valence electrons. The lowest BCUT2D eigenvalue weighted by Crippen LogP contribution is -2.49. The van der Waals surface area contributed by atoms with Gasteiger partial charge in [-0.3, -0.25) is 9.88 Å². The van der Waals surface area contributed by atoms with Crippen LogP contribution in [0.2, 0.25) is 0 Å². The molecule has 2 aliphatic heterocycles. The van der Waals surface area contributed by atoms with E-state index in [-0.39, 0.29) is 0 Å². The van der Waals surface area contributed by atoms with Gasteiger partial charge in [-0.2, -0.15) is 0 Å². The van der Waals surface area contributed by atoms with Gasteiger partial charge in [0.2, 0.25) is 0 Å². The lowest BCUT2D eigenvalue weighted by Gasteiger charge is -2.37. The Bertz CT molecular complexity index is 711. The van der Waals surface area contributed by atoms with Crippen LogP contribution < -0.4 is 9.80 Å². The summed E-state index contributed by atoms with van der Waals surface area (Å²) in [5, 5.41) is 0. The third kappa shape index (κ3) is 4.24. The number of hydrogen-bond acceptors (Lipinski definition) is 5. The van der Waals surface area contributed by atoms with Gasteiger partial charge in [0, 0.05) is 56.6 Å². The number of hydrogen-bond donors (Lipinski definition) is 0. The number of piperidine rings is 1. The fourth-order valence-electron chi connectivity index (χ4n) is 4.10. The van der Waals surface area contributed by atoms with Gasteiger partial charge < -0.3 is 9.80 Å². The standard InChI is InChI=1S/C22H31N5/c1-18(2)25-12-14-27(15-13-25)22-17-23-21(16-24-22)19-6-8-20(9-7-19)26-10-4-3-5-11-26/h6-9,16-18H,3-5,10-15H2,1-2H3. The number of aromatic nitrogens is 2. The largest absolute Gasteiger partial charge is 0.372 e. The summed E-state index contributed by atoms with van der Waals surface area (Å²) in [7, 11) is 0. The normalized spacial score (nSPS) is 18.9. The van der Waals surface area contributed by atoms with Crippen LogP contribution in [0.5, 0.6) is 0 Å². The second kappa shape index (κ2) is 8.26. The molecule has 27 heavy (non-hydrogen) atoms. The summed E-state index contributed by atoms with van der Waals surface area (Å²) in [5.74, 6) is 0.993. The van der Waals surface area contributed by atoms with Gasteiger partial charge in [0.05, 0.1) is 18.1 Å². The average Bonchev–Trinajstić information content (AvgIpc) is 2.75. The van der Waals surface area contributed by atoms with Crippen LogP contribution in [0.3, 0.4) is 0 Å². The van der Waals surface area contributed by atoms with Gasteiger partial charge in [-0.05, 0) is 45.2 Å². The van der Waals surface area contributed by atoms with E-state index in [2.05, 4.69) is 57.8 Å². The van der Waals surface area contributed by atoms with Crippen molar-refractivity contribution in [3.05, 3.63) is 36.7 Å². The monoisotopic (exact) mass is 365 g/mol. The molecule has 0 radical (unpaired) electrons. The minimum Gasteiger partial charge on any atom is -0.372 e. The number of nitrogens with zero attached hydrogens (tertiary/aromatic N) is 5. The molecule has 0 bridgehead atoms. The van der Waals surface area contributed by atoms with Gasteiger partial charge >= 0.3 is 0 Å².